The van der Waals surface area contributed by atoms with E-state index in [4.69, 9.17) is 9.26 Å². The van der Waals surface area contributed by atoms with Gasteiger partial charge in [0.25, 0.3) is 5.91 Å². The maximum atomic E-state index is 13.0. The van der Waals surface area contributed by atoms with Crippen molar-refractivity contribution >= 4 is 40.1 Å². The molecule has 4 rings (SSSR count). The van der Waals surface area contributed by atoms with Crippen molar-refractivity contribution in [1.82, 2.24) is 10.1 Å². The number of nitrogens with zero attached hydrogens (tertiary/aromatic N) is 3. The average Bonchev–Trinajstić information content (AvgIpc) is 3.27. The second-order valence-corrected chi connectivity index (χ2v) is 8.25. The first-order chi connectivity index (χ1) is 16.1. The van der Waals surface area contributed by atoms with E-state index in [1.807, 2.05) is 61.5 Å². The predicted molar refractivity (Wildman–Crippen MR) is 127 cm³/mol. The number of hydrogen-bond acceptors (Lipinski definition) is 7. The zero-order chi connectivity index (χ0) is 23.2. The molecule has 0 saturated heterocycles. The summed E-state index contributed by atoms with van der Waals surface area (Å²) in [5.74, 6) is 0.623. The number of ether oxygens (including phenoxy) is 1. The molecule has 7 nitrogen and oxygen atoms in total. The van der Waals surface area contributed by atoms with Gasteiger partial charge in [-0.05, 0) is 37.4 Å². The fraction of sp³-hybridized carbons (Fsp3) is 0.200. The van der Waals surface area contributed by atoms with Gasteiger partial charge in [-0.2, -0.15) is 4.98 Å². The molecule has 0 atom stereocenters. The summed E-state index contributed by atoms with van der Waals surface area (Å²) in [6.07, 6.45) is 0. The van der Waals surface area contributed by atoms with Crippen LogP contribution in [0, 0.1) is 6.92 Å². The van der Waals surface area contributed by atoms with Crippen molar-refractivity contribution in [3.63, 3.8) is 0 Å². The van der Waals surface area contributed by atoms with Crippen LogP contribution in [0.1, 0.15) is 29.0 Å². The number of carbonyl (C=O) groups is 2. The summed E-state index contributed by atoms with van der Waals surface area (Å²) in [6, 6.07) is 20.8. The Bertz CT molecular complexity index is 1280. The molecule has 0 aliphatic heterocycles. The Morgan fingerprint density at radius 2 is 1.79 bits per heavy atom. The molecule has 0 spiro atoms. The van der Waals surface area contributed by atoms with Gasteiger partial charge >= 0.3 is 5.97 Å². The second-order valence-electron chi connectivity index (χ2n) is 7.23. The van der Waals surface area contributed by atoms with E-state index < -0.39 is 5.97 Å². The van der Waals surface area contributed by atoms with Crippen LogP contribution < -0.4 is 4.90 Å². The van der Waals surface area contributed by atoms with Crippen LogP contribution in [0.5, 0.6) is 0 Å². The molecule has 0 bridgehead atoms. The largest absolute Gasteiger partial charge is 0.452 e. The summed E-state index contributed by atoms with van der Waals surface area (Å²) >= 11 is 1.39. The van der Waals surface area contributed by atoms with Gasteiger partial charge in [-0.25, -0.2) is 4.79 Å². The lowest BCUT2D eigenvalue weighted by Crippen LogP contribution is -2.34. The zero-order valence-corrected chi connectivity index (χ0v) is 19.2. The summed E-state index contributed by atoms with van der Waals surface area (Å²) in [5, 5.41) is 5.78. The number of likely N-dealkylation sites (N-methyl/N-ethyl adjacent to an activating group) is 1. The molecule has 0 radical (unpaired) electrons. The minimum absolute atomic E-state index is 0.284. The SMILES string of the molecule is CCN(C(=O)COC(=O)c1ccccc1SCc1nc(C)no1)c1cccc2ccccc12. The highest BCUT2D eigenvalue weighted by Crippen LogP contribution is 2.28. The molecule has 0 saturated carbocycles. The van der Waals surface area contributed by atoms with Gasteiger partial charge in [-0.1, -0.05) is 53.7 Å². The molecule has 0 N–H and O–H groups in total. The van der Waals surface area contributed by atoms with Crippen LogP contribution >= 0.6 is 11.8 Å². The molecule has 0 fully saturated rings. The van der Waals surface area contributed by atoms with E-state index in [0.29, 0.717) is 34.5 Å². The van der Waals surface area contributed by atoms with Crippen LogP contribution in [0.2, 0.25) is 0 Å². The molecule has 8 heteroatoms. The summed E-state index contributed by atoms with van der Waals surface area (Å²) in [5.41, 5.74) is 1.18. The lowest BCUT2D eigenvalue weighted by molar-refractivity contribution is -0.121. The predicted octanol–water partition coefficient (Wildman–Crippen LogP) is 5.03. The molecule has 1 amide bonds. The van der Waals surface area contributed by atoms with E-state index in [-0.39, 0.29) is 12.5 Å². The van der Waals surface area contributed by atoms with Crippen LogP contribution in [0.15, 0.2) is 76.1 Å². The third kappa shape index (κ3) is 5.23. The van der Waals surface area contributed by atoms with Gasteiger partial charge in [-0.3, -0.25) is 4.79 Å². The summed E-state index contributed by atoms with van der Waals surface area (Å²) in [4.78, 5) is 32.3. The zero-order valence-electron chi connectivity index (χ0n) is 18.4. The normalized spacial score (nSPS) is 10.8. The number of anilines is 1. The number of aryl methyl sites for hydroxylation is 1. The van der Waals surface area contributed by atoms with Crippen LogP contribution in [0.25, 0.3) is 10.8 Å². The first-order valence-corrected chi connectivity index (χ1v) is 11.5. The van der Waals surface area contributed by atoms with Gasteiger partial charge in [0, 0.05) is 16.8 Å². The summed E-state index contributed by atoms with van der Waals surface area (Å²) in [6.45, 7) is 3.75. The Morgan fingerprint density at radius 1 is 1.03 bits per heavy atom. The lowest BCUT2D eigenvalue weighted by Gasteiger charge is -2.22. The van der Waals surface area contributed by atoms with E-state index in [9.17, 15) is 9.59 Å². The topological polar surface area (TPSA) is 85.5 Å². The molecule has 1 aromatic heterocycles. The number of hydrogen-bond donors (Lipinski definition) is 0. The molecular formula is C25H23N3O4S. The van der Waals surface area contributed by atoms with Crippen LogP contribution in [0.4, 0.5) is 5.69 Å². The van der Waals surface area contributed by atoms with Crippen molar-refractivity contribution in [1.29, 1.82) is 0 Å². The molecule has 0 aliphatic carbocycles. The van der Waals surface area contributed by atoms with Gasteiger partial charge in [0.05, 0.1) is 17.0 Å². The Balaban J connectivity index is 1.44. The van der Waals surface area contributed by atoms with Crippen LogP contribution in [-0.4, -0.2) is 35.2 Å². The van der Waals surface area contributed by atoms with Crippen LogP contribution in [-0.2, 0) is 15.3 Å². The molecule has 33 heavy (non-hydrogen) atoms. The lowest BCUT2D eigenvalue weighted by atomic mass is 10.1. The smallest absolute Gasteiger partial charge is 0.339 e. The van der Waals surface area contributed by atoms with Gasteiger partial charge in [0.15, 0.2) is 12.4 Å². The van der Waals surface area contributed by atoms with Crippen LogP contribution in [0.3, 0.4) is 0 Å². The molecule has 4 aromatic rings. The van der Waals surface area contributed by atoms with Crippen molar-refractivity contribution in [3.05, 3.63) is 84.0 Å². The Morgan fingerprint density at radius 3 is 2.58 bits per heavy atom. The highest BCUT2D eigenvalue weighted by molar-refractivity contribution is 7.98. The number of amides is 1. The highest BCUT2D eigenvalue weighted by atomic mass is 32.2. The first-order valence-electron chi connectivity index (χ1n) is 10.5. The average molecular weight is 462 g/mol. The van der Waals surface area contributed by atoms with Crippen molar-refractivity contribution in [3.8, 4) is 0 Å². The maximum Gasteiger partial charge on any atom is 0.339 e. The van der Waals surface area contributed by atoms with E-state index >= 15 is 0 Å². The number of benzene rings is 3. The van der Waals surface area contributed by atoms with Gasteiger partial charge < -0.3 is 14.2 Å². The maximum absolute atomic E-state index is 13.0. The Kier molecular flexibility index (Phi) is 7.04. The Labute approximate surface area is 195 Å². The minimum Gasteiger partial charge on any atom is -0.452 e. The number of esters is 1. The first kappa shape index (κ1) is 22.5. The molecular weight excluding hydrogens is 438 g/mol. The monoisotopic (exact) mass is 461 g/mol. The molecule has 0 aliphatic rings. The third-order valence-electron chi connectivity index (χ3n) is 5.03. The van der Waals surface area contributed by atoms with E-state index in [0.717, 1.165) is 16.5 Å². The fourth-order valence-corrected chi connectivity index (χ4v) is 4.38. The van der Waals surface area contributed by atoms with E-state index in [2.05, 4.69) is 10.1 Å². The number of fused-ring (bicyclic) bond motifs is 1. The molecule has 168 valence electrons. The standard InChI is InChI=1S/C25H23N3O4S/c1-3-28(21-13-8-10-18-9-4-5-11-19(18)21)24(29)15-31-25(30)20-12-6-7-14-22(20)33-16-23-26-17(2)27-32-23/h4-14H,3,15-16H2,1-2H3. The fourth-order valence-electron chi connectivity index (χ4n) is 3.51. The van der Waals surface area contributed by atoms with Crippen molar-refractivity contribution in [2.24, 2.45) is 0 Å². The molecule has 3 aromatic carbocycles. The van der Waals surface area contributed by atoms with Crippen molar-refractivity contribution in [2.75, 3.05) is 18.1 Å². The number of thioether (sulfide) groups is 1. The van der Waals surface area contributed by atoms with Gasteiger partial charge in [0.2, 0.25) is 5.89 Å². The minimum atomic E-state index is -0.554. The third-order valence-corrected chi connectivity index (χ3v) is 6.09. The van der Waals surface area contributed by atoms with Gasteiger partial charge in [-0.15, -0.1) is 11.8 Å². The second kappa shape index (κ2) is 10.3. The number of aromatic nitrogens is 2. The van der Waals surface area contributed by atoms with Crippen molar-refractivity contribution < 1.29 is 18.8 Å². The van der Waals surface area contributed by atoms with E-state index in [1.165, 1.54) is 11.8 Å². The van der Waals surface area contributed by atoms with E-state index in [1.54, 1.807) is 24.0 Å². The molecule has 0 unspecified atom stereocenters. The number of carbonyl (C=O) groups excluding carboxylic acids is 2. The summed E-state index contributed by atoms with van der Waals surface area (Å²) < 4.78 is 10.5. The number of rotatable bonds is 8. The molecule has 1 heterocycles. The van der Waals surface area contributed by atoms with Gasteiger partial charge in [0.1, 0.15) is 0 Å². The Hall–Kier alpha value is -3.65. The van der Waals surface area contributed by atoms with Crippen molar-refractivity contribution in [2.45, 2.75) is 24.5 Å². The quantitative estimate of drug-likeness (QED) is 0.269. The summed E-state index contributed by atoms with van der Waals surface area (Å²) in [7, 11) is 0. The highest BCUT2D eigenvalue weighted by Gasteiger charge is 2.20.